The average Bonchev–Trinajstić information content (AvgIpc) is 3.17. The first-order chi connectivity index (χ1) is 8.53. The van der Waals surface area contributed by atoms with Gasteiger partial charge in [0, 0.05) is 0 Å². The number of rotatable bonds is 2. The molecule has 0 nitrogen and oxygen atoms in total. The van der Waals surface area contributed by atoms with Gasteiger partial charge in [-0.05, 0) is 81.0 Å². The Labute approximate surface area is 113 Å². The van der Waals surface area contributed by atoms with Gasteiger partial charge in [-0.1, -0.05) is 31.9 Å². The summed E-state index contributed by atoms with van der Waals surface area (Å²) >= 11 is 0. The lowest BCUT2D eigenvalue weighted by atomic mass is 9.87. The van der Waals surface area contributed by atoms with Crippen molar-refractivity contribution in [2.45, 2.75) is 66.2 Å². The highest BCUT2D eigenvalue weighted by molar-refractivity contribution is 5.21. The molecule has 0 heterocycles. The molecular weight excluding hydrogens is 216 g/mol. The van der Waals surface area contributed by atoms with E-state index in [0.717, 1.165) is 35.0 Å². The van der Waals surface area contributed by atoms with Crippen molar-refractivity contribution in [3.05, 3.63) is 11.6 Å². The van der Waals surface area contributed by atoms with Crippen LogP contribution in [0, 0.1) is 35.0 Å². The monoisotopic (exact) mass is 246 g/mol. The van der Waals surface area contributed by atoms with Crippen molar-refractivity contribution >= 4 is 0 Å². The SMILES string of the molecule is CC(C)=CCC1CCC(C)CC(C)C2CC23CC13. The molecule has 6 atom stereocenters. The molecule has 3 saturated carbocycles. The first-order valence-electron chi connectivity index (χ1n) is 8.16. The summed E-state index contributed by atoms with van der Waals surface area (Å²) in [6, 6.07) is 0. The van der Waals surface area contributed by atoms with Gasteiger partial charge in [0.25, 0.3) is 0 Å². The standard InChI is InChI=1S/C18H30/c1-12(2)5-7-15-8-6-13(3)9-14(4)16-10-18(16)11-17(15)18/h5,13-17H,6-11H2,1-4H3. The van der Waals surface area contributed by atoms with Crippen LogP contribution in [0.1, 0.15) is 66.2 Å². The van der Waals surface area contributed by atoms with Gasteiger partial charge in [-0.2, -0.15) is 0 Å². The van der Waals surface area contributed by atoms with Gasteiger partial charge in [-0.15, -0.1) is 0 Å². The molecule has 0 aromatic rings. The largest absolute Gasteiger partial charge is 0.0856 e. The third-order valence-electron chi connectivity index (χ3n) is 6.25. The Morgan fingerprint density at radius 3 is 2.56 bits per heavy atom. The Morgan fingerprint density at radius 1 is 1.11 bits per heavy atom. The summed E-state index contributed by atoms with van der Waals surface area (Å²) < 4.78 is 0. The van der Waals surface area contributed by atoms with Crippen LogP contribution in [-0.2, 0) is 0 Å². The zero-order chi connectivity index (χ0) is 12.9. The quantitative estimate of drug-likeness (QED) is 0.569. The van der Waals surface area contributed by atoms with Gasteiger partial charge >= 0.3 is 0 Å². The summed E-state index contributed by atoms with van der Waals surface area (Å²) in [5.41, 5.74) is 2.38. The van der Waals surface area contributed by atoms with Crippen molar-refractivity contribution < 1.29 is 0 Å². The van der Waals surface area contributed by atoms with Crippen LogP contribution in [0.5, 0.6) is 0 Å². The van der Waals surface area contributed by atoms with Crippen molar-refractivity contribution in [3.8, 4) is 0 Å². The average molecular weight is 246 g/mol. The van der Waals surface area contributed by atoms with Crippen LogP contribution in [0.4, 0.5) is 0 Å². The molecule has 0 saturated heterocycles. The number of hydrogen-bond acceptors (Lipinski definition) is 0. The van der Waals surface area contributed by atoms with Crippen LogP contribution >= 0.6 is 0 Å². The molecule has 0 aromatic heterocycles. The fraction of sp³-hybridized carbons (Fsp3) is 0.889. The highest BCUT2D eigenvalue weighted by Gasteiger charge is 2.72. The van der Waals surface area contributed by atoms with Crippen LogP contribution in [-0.4, -0.2) is 0 Å². The highest BCUT2D eigenvalue weighted by Crippen LogP contribution is 2.79. The predicted molar refractivity (Wildman–Crippen MR) is 78.4 cm³/mol. The van der Waals surface area contributed by atoms with E-state index in [2.05, 4.69) is 33.8 Å². The Bertz CT molecular complexity index is 349. The fourth-order valence-electron chi connectivity index (χ4n) is 5.05. The Kier molecular flexibility index (Phi) is 3.11. The van der Waals surface area contributed by atoms with E-state index in [9.17, 15) is 0 Å². The maximum Gasteiger partial charge on any atom is -0.0229 e. The molecule has 0 aliphatic heterocycles. The Hall–Kier alpha value is -0.260. The second-order valence-electron chi connectivity index (χ2n) is 8.03. The molecule has 3 fully saturated rings. The molecular formula is C18H30. The second-order valence-corrected chi connectivity index (χ2v) is 8.03. The van der Waals surface area contributed by atoms with Crippen LogP contribution in [0.2, 0.25) is 0 Å². The third-order valence-corrected chi connectivity index (χ3v) is 6.25. The minimum Gasteiger partial charge on any atom is -0.0856 e. The first kappa shape index (κ1) is 12.8. The summed E-state index contributed by atoms with van der Waals surface area (Å²) in [5, 5.41) is 0. The van der Waals surface area contributed by atoms with Crippen LogP contribution < -0.4 is 0 Å². The molecule has 0 heteroatoms. The van der Waals surface area contributed by atoms with Gasteiger partial charge in [0.1, 0.15) is 0 Å². The van der Waals surface area contributed by atoms with E-state index >= 15 is 0 Å². The molecule has 1 spiro atoms. The van der Waals surface area contributed by atoms with Gasteiger partial charge < -0.3 is 0 Å². The lowest BCUT2D eigenvalue weighted by molar-refractivity contribution is 0.337. The predicted octanol–water partition coefficient (Wildman–Crippen LogP) is 5.44. The van der Waals surface area contributed by atoms with Crippen LogP contribution in [0.15, 0.2) is 11.6 Å². The van der Waals surface area contributed by atoms with Crippen molar-refractivity contribution in [2.75, 3.05) is 0 Å². The zero-order valence-corrected chi connectivity index (χ0v) is 12.7. The molecule has 102 valence electrons. The summed E-state index contributed by atoms with van der Waals surface area (Å²) in [5.74, 6) is 5.19. The van der Waals surface area contributed by atoms with E-state index in [4.69, 9.17) is 0 Å². The number of allylic oxidation sites excluding steroid dienone is 2. The van der Waals surface area contributed by atoms with E-state index in [1.807, 2.05) is 0 Å². The Balaban J connectivity index is 1.70. The van der Waals surface area contributed by atoms with E-state index in [0.29, 0.717) is 0 Å². The normalized spacial score (nSPS) is 50.1. The van der Waals surface area contributed by atoms with Crippen molar-refractivity contribution in [3.63, 3.8) is 0 Å². The zero-order valence-electron chi connectivity index (χ0n) is 12.7. The molecule has 0 bridgehead atoms. The fourth-order valence-corrected chi connectivity index (χ4v) is 5.05. The molecule has 0 amide bonds. The first-order valence-corrected chi connectivity index (χ1v) is 8.16. The van der Waals surface area contributed by atoms with Gasteiger partial charge in [0.05, 0.1) is 0 Å². The molecule has 6 unspecified atom stereocenters. The molecule has 0 N–H and O–H groups in total. The van der Waals surface area contributed by atoms with Crippen molar-refractivity contribution in [1.29, 1.82) is 0 Å². The molecule has 3 aliphatic carbocycles. The van der Waals surface area contributed by atoms with Gasteiger partial charge in [0.2, 0.25) is 0 Å². The van der Waals surface area contributed by atoms with Crippen LogP contribution in [0.3, 0.4) is 0 Å². The molecule has 0 aromatic carbocycles. The molecule has 18 heavy (non-hydrogen) atoms. The summed E-state index contributed by atoms with van der Waals surface area (Å²) in [4.78, 5) is 0. The van der Waals surface area contributed by atoms with E-state index in [-0.39, 0.29) is 0 Å². The van der Waals surface area contributed by atoms with Gasteiger partial charge in [-0.3, -0.25) is 0 Å². The van der Waals surface area contributed by atoms with Crippen molar-refractivity contribution in [2.24, 2.45) is 35.0 Å². The molecule has 0 radical (unpaired) electrons. The molecule has 3 aliphatic rings. The summed E-state index contributed by atoms with van der Waals surface area (Å²) in [6.07, 6.45) is 11.5. The van der Waals surface area contributed by atoms with E-state index in [1.54, 1.807) is 12.8 Å². The summed E-state index contributed by atoms with van der Waals surface area (Å²) in [7, 11) is 0. The van der Waals surface area contributed by atoms with Gasteiger partial charge in [0.15, 0.2) is 0 Å². The maximum atomic E-state index is 2.53. The minimum atomic E-state index is 0.865. The topological polar surface area (TPSA) is 0 Å². The lowest BCUT2D eigenvalue weighted by Gasteiger charge is -2.19. The lowest BCUT2D eigenvalue weighted by Crippen LogP contribution is -2.07. The van der Waals surface area contributed by atoms with Gasteiger partial charge in [-0.25, -0.2) is 0 Å². The second kappa shape index (κ2) is 4.39. The highest BCUT2D eigenvalue weighted by atomic mass is 14.8. The minimum absolute atomic E-state index is 0.865. The Morgan fingerprint density at radius 2 is 1.83 bits per heavy atom. The maximum absolute atomic E-state index is 2.53. The van der Waals surface area contributed by atoms with Crippen molar-refractivity contribution in [1.82, 2.24) is 0 Å². The van der Waals surface area contributed by atoms with Crippen LogP contribution in [0.25, 0.3) is 0 Å². The smallest absolute Gasteiger partial charge is 0.0229 e. The third kappa shape index (κ3) is 2.17. The number of hydrogen-bond donors (Lipinski definition) is 0. The van der Waals surface area contributed by atoms with E-state index in [1.165, 1.54) is 31.3 Å². The van der Waals surface area contributed by atoms with E-state index < -0.39 is 0 Å². The summed E-state index contributed by atoms with van der Waals surface area (Å²) in [6.45, 7) is 9.52. The molecule has 3 rings (SSSR count).